The molecule has 6 aromatic carbocycles. The van der Waals surface area contributed by atoms with Crippen molar-refractivity contribution < 1.29 is 52.7 Å². The number of hydrogen-bond acceptors (Lipinski definition) is 15. The third kappa shape index (κ3) is 12.4. The number of nitrogens with zero attached hydrogens (tertiary/aromatic N) is 3. The van der Waals surface area contributed by atoms with Gasteiger partial charge in [-0.3, -0.25) is 0 Å². The summed E-state index contributed by atoms with van der Waals surface area (Å²) in [7, 11) is 3.04. The van der Waals surface area contributed by atoms with Gasteiger partial charge in [-0.25, -0.2) is 14.6 Å². The second-order valence-corrected chi connectivity index (χ2v) is 16.0. The molecule has 0 spiro atoms. The number of rotatable bonds is 26. The van der Waals surface area contributed by atoms with E-state index in [0.29, 0.717) is 16.3 Å². The van der Waals surface area contributed by atoms with Gasteiger partial charge in [0.1, 0.15) is 17.3 Å². The maximum Gasteiger partial charge on any atom is 0.360 e. The number of hydrogen-bond donors (Lipinski definition) is 2. The number of esters is 1. The zero-order valence-corrected chi connectivity index (χ0v) is 39.2. The molecular formula is C54H50N4O11S. The van der Waals surface area contributed by atoms with Crippen LogP contribution in [0.4, 0.5) is 5.13 Å². The van der Waals surface area contributed by atoms with E-state index in [2.05, 4.69) is 16.5 Å². The van der Waals surface area contributed by atoms with Crippen molar-refractivity contribution in [1.29, 1.82) is 5.26 Å². The molecule has 0 saturated heterocycles. The fraction of sp³-hybridized carbons (Fsp3) is 0.204. The highest BCUT2D eigenvalue weighted by molar-refractivity contribution is 7.14. The van der Waals surface area contributed by atoms with Crippen LogP contribution in [0.3, 0.4) is 0 Å². The minimum absolute atomic E-state index is 0.0133. The van der Waals surface area contributed by atoms with E-state index in [4.69, 9.17) is 43.0 Å². The minimum atomic E-state index is -1.85. The molecule has 0 amide bonds. The first-order valence-corrected chi connectivity index (χ1v) is 22.9. The molecule has 0 saturated carbocycles. The lowest BCUT2D eigenvalue weighted by Gasteiger charge is -2.36. The molecule has 1 unspecified atom stereocenters. The Balaban J connectivity index is 1.32. The minimum Gasteiger partial charge on any atom is -0.476 e. The third-order valence-electron chi connectivity index (χ3n) is 10.7. The highest BCUT2D eigenvalue weighted by atomic mass is 32.1. The first-order valence-electron chi connectivity index (χ1n) is 22.0. The molecule has 0 radical (unpaired) electrons. The number of oxime groups is 1. The zero-order valence-electron chi connectivity index (χ0n) is 38.3. The number of aliphatic carboxylic acids is 1. The fourth-order valence-electron chi connectivity index (χ4n) is 7.44. The highest BCUT2D eigenvalue weighted by Crippen LogP contribution is 2.43. The molecule has 0 aliphatic rings. The van der Waals surface area contributed by atoms with Crippen molar-refractivity contribution in [2.24, 2.45) is 5.16 Å². The monoisotopic (exact) mass is 962 g/mol. The molecule has 7 rings (SSSR count). The van der Waals surface area contributed by atoms with Crippen molar-refractivity contribution in [2.45, 2.75) is 17.7 Å². The number of thiazole rings is 1. The number of carbonyl (C=O) groups is 2. The molecule has 7 aromatic rings. The number of benzene rings is 6. The second-order valence-electron chi connectivity index (χ2n) is 15.2. The molecule has 15 nitrogen and oxygen atoms in total. The molecule has 1 atom stereocenters. The molecule has 1 heterocycles. The first-order chi connectivity index (χ1) is 34.4. The van der Waals surface area contributed by atoms with Crippen LogP contribution in [0.2, 0.25) is 0 Å². The highest BCUT2D eigenvalue weighted by Gasteiger charge is 2.38. The van der Waals surface area contributed by atoms with Crippen molar-refractivity contribution in [3.8, 4) is 17.6 Å². The maximum atomic E-state index is 14.9. The number of anilines is 1. The molecule has 2 N–H and O–H groups in total. The van der Waals surface area contributed by atoms with Crippen molar-refractivity contribution in [2.75, 3.05) is 59.5 Å². The van der Waals surface area contributed by atoms with E-state index < -0.39 is 35.4 Å². The Bertz CT molecular complexity index is 2680. The van der Waals surface area contributed by atoms with Gasteiger partial charge in [-0.15, -0.1) is 11.3 Å². The summed E-state index contributed by atoms with van der Waals surface area (Å²) in [5.74, 6) is -2.78. The van der Waals surface area contributed by atoms with Crippen LogP contribution in [0.5, 0.6) is 11.5 Å². The largest absolute Gasteiger partial charge is 0.476 e. The van der Waals surface area contributed by atoms with E-state index in [1.807, 2.05) is 127 Å². The maximum absolute atomic E-state index is 14.9. The van der Waals surface area contributed by atoms with Gasteiger partial charge in [0.2, 0.25) is 5.71 Å². The molecule has 0 aliphatic carbocycles. The van der Waals surface area contributed by atoms with Crippen LogP contribution in [0.25, 0.3) is 0 Å². The molecule has 0 bridgehead atoms. The number of carboxylic acid groups (broad SMARTS) is 1. The summed E-state index contributed by atoms with van der Waals surface area (Å²) in [6, 6.07) is 52.6. The van der Waals surface area contributed by atoms with E-state index in [0.717, 1.165) is 28.0 Å². The van der Waals surface area contributed by atoms with Gasteiger partial charge in [-0.05, 0) is 39.9 Å². The topological polar surface area (TPSA) is 189 Å². The van der Waals surface area contributed by atoms with Gasteiger partial charge in [0.25, 0.3) is 6.10 Å². The second kappa shape index (κ2) is 25.5. The van der Waals surface area contributed by atoms with E-state index in [9.17, 15) is 20.0 Å². The number of nitrogens with one attached hydrogen (secondary N) is 1. The Labute approximate surface area is 409 Å². The van der Waals surface area contributed by atoms with Gasteiger partial charge in [0.15, 0.2) is 36.3 Å². The van der Waals surface area contributed by atoms with Gasteiger partial charge in [-0.2, -0.15) is 5.26 Å². The van der Waals surface area contributed by atoms with Gasteiger partial charge >= 0.3 is 11.9 Å². The Morgan fingerprint density at radius 2 is 1.17 bits per heavy atom. The molecule has 70 heavy (non-hydrogen) atoms. The number of aromatic nitrogens is 1. The van der Waals surface area contributed by atoms with Crippen LogP contribution in [0, 0.1) is 11.3 Å². The molecule has 16 heteroatoms. The standard InChI is InChI=1S/C54H50N4O11S/c1-62-30-32-64-36-66-48-40(34-55)28-29-44(49(48)67-37-65-33-31-63-2)50(52(61)68-47(38-18-8-3-9-19-38)39-20-10-4-11-21-39)69-58-46(51(59)60)45-35-70-53(56-45)57-54(41-22-12-5-13-23-41,42-24-14-6-15-25-42)43-26-16-7-17-27-43/h3-29,35,47,50H,30-33,36-37H2,1-2H3,(H,56,57)(H,59,60). The summed E-state index contributed by atoms with van der Waals surface area (Å²) >= 11 is 1.16. The predicted octanol–water partition coefficient (Wildman–Crippen LogP) is 9.30. The smallest absolute Gasteiger partial charge is 0.360 e. The van der Waals surface area contributed by atoms with Crippen LogP contribution in [0.1, 0.15) is 56.8 Å². The Hall–Kier alpha value is -7.91. The molecule has 0 fully saturated rings. The lowest BCUT2D eigenvalue weighted by atomic mass is 9.77. The Morgan fingerprint density at radius 1 is 0.686 bits per heavy atom. The van der Waals surface area contributed by atoms with Crippen LogP contribution >= 0.6 is 11.3 Å². The van der Waals surface area contributed by atoms with Gasteiger partial charge in [0.05, 0.1) is 37.6 Å². The number of carboxylic acids is 1. The van der Waals surface area contributed by atoms with E-state index >= 15 is 0 Å². The first kappa shape index (κ1) is 50.0. The van der Waals surface area contributed by atoms with E-state index in [-0.39, 0.29) is 68.3 Å². The van der Waals surface area contributed by atoms with Crippen LogP contribution in [-0.4, -0.2) is 82.0 Å². The average Bonchev–Trinajstić information content (AvgIpc) is 3.87. The van der Waals surface area contributed by atoms with Crippen LogP contribution in [-0.2, 0) is 43.6 Å². The van der Waals surface area contributed by atoms with E-state index in [1.54, 1.807) is 24.3 Å². The molecular weight excluding hydrogens is 913 g/mol. The summed E-state index contributed by atoms with van der Waals surface area (Å²) in [5, 5.41) is 30.7. The summed E-state index contributed by atoms with van der Waals surface area (Å²) in [5.41, 5.74) is 2.27. The van der Waals surface area contributed by atoms with Gasteiger partial charge < -0.3 is 48.4 Å². The molecule has 358 valence electrons. The SMILES string of the molecule is COCCOCOc1c(C#N)ccc(C(ON=C(C(=O)O)c2csc(NC(c3ccccc3)(c3ccccc3)c3ccccc3)n2)C(=O)OC(c2ccccc2)c2ccccc2)c1OCOCCOC. The number of methoxy groups -OCH3 is 2. The van der Waals surface area contributed by atoms with Crippen molar-refractivity contribution >= 4 is 34.1 Å². The predicted molar refractivity (Wildman–Crippen MR) is 262 cm³/mol. The number of ether oxygens (including phenoxy) is 7. The van der Waals surface area contributed by atoms with Crippen molar-refractivity contribution in [3.05, 3.63) is 214 Å². The lowest BCUT2D eigenvalue weighted by Crippen LogP contribution is -2.38. The quantitative estimate of drug-likeness (QED) is 0.0130. The van der Waals surface area contributed by atoms with Gasteiger partial charge in [-0.1, -0.05) is 157 Å². The van der Waals surface area contributed by atoms with Crippen molar-refractivity contribution in [1.82, 2.24) is 4.98 Å². The van der Waals surface area contributed by atoms with Crippen molar-refractivity contribution in [3.63, 3.8) is 0 Å². The Morgan fingerprint density at radius 3 is 1.64 bits per heavy atom. The summed E-state index contributed by atoms with van der Waals surface area (Å²) in [4.78, 5) is 39.0. The fourth-order valence-corrected chi connectivity index (χ4v) is 8.19. The van der Waals surface area contributed by atoms with Crippen LogP contribution < -0.4 is 14.8 Å². The van der Waals surface area contributed by atoms with Gasteiger partial charge in [0, 0.05) is 19.6 Å². The third-order valence-corrected chi connectivity index (χ3v) is 11.5. The normalized spacial score (nSPS) is 11.9. The van der Waals surface area contributed by atoms with E-state index in [1.165, 1.54) is 31.7 Å². The number of carbonyl (C=O) groups excluding carboxylic acids is 1. The molecule has 0 aliphatic heterocycles. The summed E-state index contributed by atoms with van der Waals surface area (Å²) < 4.78 is 39.8. The zero-order chi connectivity index (χ0) is 49.0. The summed E-state index contributed by atoms with van der Waals surface area (Å²) in [6.07, 6.45) is -2.80. The molecule has 1 aromatic heterocycles. The number of nitriles is 1. The average molecular weight is 963 g/mol. The van der Waals surface area contributed by atoms with Crippen LogP contribution in [0.15, 0.2) is 174 Å². The summed E-state index contributed by atoms with van der Waals surface area (Å²) in [6.45, 7) is 0.0847. The Kier molecular flexibility index (Phi) is 18.2. The lowest BCUT2D eigenvalue weighted by molar-refractivity contribution is -0.162.